The molecule has 0 aromatic carbocycles. The van der Waals surface area contributed by atoms with Crippen LogP contribution in [0.3, 0.4) is 0 Å². The zero-order valence-electron chi connectivity index (χ0n) is 12.7. The summed E-state index contributed by atoms with van der Waals surface area (Å²) in [4.78, 5) is 22.6. The van der Waals surface area contributed by atoms with Gasteiger partial charge in [0.2, 0.25) is 0 Å². The standard InChI is InChI=1S/C13H26N2O4.ClH/c1-5-18-11(16)10(14)8-6-7-9-15-12(17)19-13(2,3)4;/h10H,5-9,14H2,1-4H3,(H,15,17);1H/t10-;/m0./s1. The first kappa shape index (κ1) is 21.3. The Labute approximate surface area is 127 Å². The van der Waals surface area contributed by atoms with E-state index in [9.17, 15) is 9.59 Å². The molecule has 6 nitrogen and oxygen atoms in total. The van der Waals surface area contributed by atoms with Crippen LogP contribution in [0.15, 0.2) is 0 Å². The van der Waals surface area contributed by atoms with Gasteiger partial charge in [0, 0.05) is 6.54 Å². The van der Waals surface area contributed by atoms with Gasteiger partial charge in [0.15, 0.2) is 0 Å². The van der Waals surface area contributed by atoms with Gasteiger partial charge in [-0.05, 0) is 47.0 Å². The molecule has 0 aliphatic heterocycles. The zero-order chi connectivity index (χ0) is 14.9. The van der Waals surface area contributed by atoms with E-state index in [0.29, 0.717) is 19.6 Å². The Balaban J connectivity index is 0. The number of carbonyl (C=O) groups is 2. The van der Waals surface area contributed by atoms with Crippen molar-refractivity contribution in [2.75, 3.05) is 13.2 Å². The molecule has 3 N–H and O–H groups in total. The lowest BCUT2D eigenvalue weighted by Crippen LogP contribution is -2.34. The molecule has 0 aliphatic rings. The normalized spacial score (nSPS) is 12.1. The summed E-state index contributed by atoms with van der Waals surface area (Å²) in [6.07, 6.45) is 1.61. The minimum Gasteiger partial charge on any atom is -0.465 e. The quantitative estimate of drug-likeness (QED) is 0.554. The van der Waals surface area contributed by atoms with Crippen molar-refractivity contribution in [1.82, 2.24) is 5.32 Å². The number of unbranched alkanes of at least 4 members (excludes halogenated alkanes) is 1. The first-order valence-electron chi connectivity index (χ1n) is 6.65. The number of amides is 1. The van der Waals surface area contributed by atoms with E-state index in [2.05, 4.69) is 5.32 Å². The number of hydrogen-bond acceptors (Lipinski definition) is 5. The van der Waals surface area contributed by atoms with Crippen molar-refractivity contribution in [2.45, 2.75) is 58.6 Å². The van der Waals surface area contributed by atoms with Gasteiger partial charge in [-0.2, -0.15) is 0 Å². The van der Waals surface area contributed by atoms with Crippen molar-refractivity contribution in [3.05, 3.63) is 0 Å². The van der Waals surface area contributed by atoms with Gasteiger partial charge in [-0.15, -0.1) is 12.4 Å². The first-order chi connectivity index (χ1) is 8.76. The van der Waals surface area contributed by atoms with E-state index < -0.39 is 17.7 Å². The maximum Gasteiger partial charge on any atom is 0.407 e. The van der Waals surface area contributed by atoms with Crippen LogP contribution in [0.4, 0.5) is 4.79 Å². The van der Waals surface area contributed by atoms with Gasteiger partial charge in [0.25, 0.3) is 0 Å². The molecule has 0 aromatic heterocycles. The Kier molecular flexibility index (Phi) is 11.4. The lowest BCUT2D eigenvalue weighted by Gasteiger charge is -2.19. The van der Waals surface area contributed by atoms with Gasteiger partial charge < -0.3 is 20.5 Å². The maximum atomic E-state index is 11.3. The van der Waals surface area contributed by atoms with E-state index in [-0.39, 0.29) is 18.4 Å². The number of nitrogens with two attached hydrogens (primary N) is 1. The van der Waals surface area contributed by atoms with Crippen LogP contribution >= 0.6 is 12.4 Å². The minimum atomic E-state index is -0.582. The molecular weight excluding hydrogens is 284 g/mol. The average molecular weight is 311 g/mol. The van der Waals surface area contributed by atoms with Crippen molar-refractivity contribution >= 4 is 24.5 Å². The minimum absolute atomic E-state index is 0. The summed E-state index contributed by atoms with van der Waals surface area (Å²) in [7, 11) is 0. The van der Waals surface area contributed by atoms with E-state index in [1.807, 2.05) is 20.8 Å². The van der Waals surface area contributed by atoms with Crippen molar-refractivity contribution < 1.29 is 19.1 Å². The molecule has 0 aliphatic carbocycles. The predicted molar refractivity (Wildman–Crippen MR) is 79.9 cm³/mol. The number of halogens is 1. The lowest BCUT2D eigenvalue weighted by atomic mass is 10.1. The second kappa shape index (κ2) is 10.7. The molecule has 0 rings (SSSR count). The van der Waals surface area contributed by atoms with Gasteiger partial charge in [-0.25, -0.2) is 4.79 Å². The third-order valence-electron chi connectivity index (χ3n) is 2.20. The largest absolute Gasteiger partial charge is 0.465 e. The monoisotopic (exact) mass is 310 g/mol. The van der Waals surface area contributed by atoms with Gasteiger partial charge >= 0.3 is 12.1 Å². The third-order valence-corrected chi connectivity index (χ3v) is 2.20. The van der Waals surface area contributed by atoms with Crippen LogP contribution in [0.1, 0.15) is 47.0 Å². The molecule has 0 saturated carbocycles. The van der Waals surface area contributed by atoms with Crippen molar-refractivity contribution in [3.63, 3.8) is 0 Å². The molecule has 0 spiro atoms. The van der Waals surface area contributed by atoms with Crippen LogP contribution in [-0.2, 0) is 14.3 Å². The van der Waals surface area contributed by atoms with Gasteiger partial charge in [-0.3, -0.25) is 4.79 Å². The van der Waals surface area contributed by atoms with E-state index in [1.54, 1.807) is 6.92 Å². The molecule has 1 atom stereocenters. The Morgan fingerprint density at radius 1 is 1.25 bits per heavy atom. The number of hydrogen-bond donors (Lipinski definition) is 2. The summed E-state index contributed by atoms with van der Waals surface area (Å²) < 4.78 is 9.89. The maximum absolute atomic E-state index is 11.3. The Bertz CT molecular complexity index is 293. The second-order valence-electron chi connectivity index (χ2n) is 5.28. The smallest absolute Gasteiger partial charge is 0.407 e. The summed E-state index contributed by atoms with van der Waals surface area (Å²) in [6, 6.07) is -0.582. The molecular formula is C13H27ClN2O4. The summed E-state index contributed by atoms with van der Waals surface area (Å²) in [6.45, 7) is 8.02. The van der Waals surface area contributed by atoms with Crippen molar-refractivity contribution in [1.29, 1.82) is 0 Å². The van der Waals surface area contributed by atoms with Crippen LogP contribution < -0.4 is 11.1 Å². The van der Waals surface area contributed by atoms with Gasteiger partial charge in [0.1, 0.15) is 11.6 Å². The molecule has 0 radical (unpaired) electrons. The molecule has 0 unspecified atom stereocenters. The highest BCUT2D eigenvalue weighted by atomic mass is 35.5. The molecule has 20 heavy (non-hydrogen) atoms. The molecule has 0 saturated heterocycles. The van der Waals surface area contributed by atoms with Gasteiger partial charge in [-0.1, -0.05) is 0 Å². The van der Waals surface area contributed by atoms with E-state index in [1.165, 1.54) is 0 Å². The summed E-state index contributed by atoms with van der Waals surface area (Å²) in [5.41, 5.74) is 5.15. The molecule has 7 heteroatoms. The zero-order valence-corrected chi connectivity index (χ0v) is 13.5. The van der Waals surface area contributed by atoms with Crippen LogP contribution in [0, 0.1) is 0 Å². The fourth-order valence-electron chi connectivity index (χ4n) is 1.36. The fraction of sp³-hybridized carbons (Fsp3) is 0.846. The van der Waals surface area contributed by atoms with Crippen molar-refractivity contribution in [2.24, 2.45) is 5.73 Å². The number of rotatable bonds is 7. The van der Waals surface area contributed by atoms with Crippen LogP contribution in [-0.4, -0.2) is 36.9 Å². The summed E-state index contributed by atoms with van der Waals surface area (Å²) >= 11 is 0. The number of esters is 1. The van der Waals surface area contributed by atoms with Crippen LogP contribution in [0.25, 0.3) is 0 Å². The molecule has 1 amide bonds. The van der Waals surface area contributed by atoms with E-state index in [4.69, 9.17) is 15.2 Å². The highest BCUT2D eigenvalue weighted by Crippen LogP contribution is 2.06. The van der Waals surface area contributed by atoms with Crippen molar-refractivity contribution in [3.8, 4) is 0 Å². The molecule has 0 aromatic rings. The molecule has 0 heterocycles. The average Bonchev–Trinajstić information content (AvgIpc) is 2.26. The first-order valence-corrected chi connectivity index (χ1v) is 6.65. The topological polar surface area (TPSA) is 90.6 Å². The predicted octanol–water partition coefficient (Wildman–Crippen LogP) is 1.99. The van der Waals surface area contributed by atoms with Gasteiger partial charge in [0.05, 0.1) is 6.61 Å². The Hall–Kier alpha value is -1.01. The number of carbonyl (C=O) groups excluding carboxylic acids is 2. The molecule has 0 fully saturated rings. The molecule has 120 valence electrons. The van der Waals surface area contributed by atoms with E-state index >= 15 is 0 Å². The molecule has 0 bridgehead atoms. The second-order valence-corrected chi connectivity index (χ2v) is 5.28. The van der Waals surface area contributed by atoms with E-state index in [0.717, 1.165) is 12.8 Å². The lowest BCUT2D eigenvalue weighted by molar-refractivity contribution is -0.144. The summed E-state index contributed by atoms with van der Waals surface area (Å²) in [5, 5.41) is 2.65. The Morgan fingerprint density at radius 2 is 1.85 bits per heavy atom. The number of nitrogens with one attached hydrogen (secondary N) is 1. The summed E-state index contributed by atoms with van der Waals surface area (Å²) in [5.74, 6) is -0.373. The van der Waals surface area contributed by atoms with Crippen LogP contribution in [0.2, 0.25) is 0 Å². The highest BCUT2D eigenvalue weighted by molar-refractivity contribution is 5.85. The highest BCUT2D eigenvalue weighted by Gasteiger charge is 2.16. The Morgan fingerprint density at radius 3 is 2.35 bits per heavy atom. The van der Waals surface area contributed by atoms with Crippen LogP contribution in [0.5, 0.6) is 0 Å². The number of alkyl carbamates (subject to hydrolysis) is 1. The third kappa shape index (κ3) is 12.0. The number of ether oxygens (including phenoxy) is 2. The fourth-order valence-corrected chi connectivity index (χ4v) is 1.36. The SMILES string of the molecule is CCOC(=O)[C@@H](N)CCCCNC(=O)OC(C)(C)C.Cl.